The van der Waals surface area contributed by atoms with Gasteiger partial charge in [0.15, 0.2) is 0 Å². The molecule has 0 unspecified atom stereocenters. The van der Waals surface area contributed by atoms with Crippen molar-refractivity contribution in [1.29, 1.82) is 0 Å². The van der Waals surface area contributed by atoms with E-state index in [0.29, 0.717) is 6.41 Å². The number of nitrogens with one attached hydrogen (secondary N) is 1. The van der Waals surface area contributed by atoms with Crippen molar-refractivity contribution >= 4 is 23.0 Å². The summed E-state index contributed by atoms with van der Waals surface area (Å²) in [5.41, 5.74) is 2.83. The largest absolute Gasteiger partial charge is 0.329 e. The van der Waals surface area contributed by atoms with Gasteiger partial charge in [-0.2, -0.15) is 5.10 Å². The number of amides is 1. The number of aromatic nitrogens is 2. The van der Waals surface area contributed by atoms with Crippen molar-refractivity contribution in [2.24, 2.45) is 7.05 Å². The zero-order chi connectivity index (χ0) is 10.1. The molecule has 0 atom stereocenters. The number of carbonyl (C=O) groups is 1. The average Bonchev–Trinajstić information content (AvgIpc) is 2.43. The molecule has 0 saturated heterocycles. The predicted octanol–water partition coefficient (Wildman–Crippen LogP) is 1.45. The Morgan fingerprint density at radius 3 is 3.00 bits per heavy atom. The van der Waals surface area contributed by atoms with Crippen molar-refractivity contribution in [3.8, 4) is 0 Å². The molecule has 14 heavy (non-hydrogen) atoms. The van der Waals surface area contributed by atoms with E-state index in [-0.39, 0.29) is 0 Å². The molecule has 1 aromatic carbocycles. The highest BCUT2D eigenvalue weighted by Gasteiger charge is 2.04. The van der Waals surface area contributed by atoms with E-state index in [0.717, 1.165) is 22.3 Å². The summed E-state index contributed by atoms with van der Waals surface area (Å²) in [5, 5.41) is 7.98. The minimum Gasteiger partial charge on any atom is -0.329 e. The lowest BCUT2D eigenvalue weighted by atomic mass is 10.2. The fourth-order valence-corrected chi connectivity index (χ4v) is 1.60. The summed E-state index contributed by atoms with van der Waals surface area (Å²) >= 11 is 0. The molecule has 0 aliphatic rings. The molecule has 4 nitrogen and oxygen atoms in total. The van der Waals surface area contributed by atoms with Crippen LogP contribution in [0.2, 0.25) is 0 Å². The lowest BCUT2D eigenvalue weighted by Crippen LogP contribution is -1.93. The molecule has 0 radical (unpaired) electrons. The van der Waals surface area contributed by atoms with Crippen LogP contribution >= 0.6 is 0 Å². The molecule has 0 fully saturated rings. The van der Waals surface area contributed by atoms with Crippen LogP contribution in [0.25, 0.3) is 10.9 Å². The number of anilines is 1. The Kier molecular flexibility index (Phi) is 1.96. The van der Waals surface area contributed by atoms with Gasteiger partial charge in [-0.05, 0) is 25.1 Å². The van der Waals surface area contributed by atoms with Gasteiger partial charge in [0.25, 0.3) is 0 Å². The lowest BCUT2D eigenvalue weighted by molar-refractivity contribution is -0.105. The normalized spacial score (nSPS) is 10.4. The van der Waals surface area contributed by atoms with Gasteiger partial charge in [0.2, 0.25) is 6.41 Å². The second-order valence-electron chi connectivity index (χ2n) is 3.20. The van der Waals surface area contributed by atoms with E-state index in [9.17, 15) is 4.79 Å². The summed E-state index contributed by atoms with van der Waals surface area (Å²) in [6.45, 7) is 1.95. The van der Waals surface area contributed by atoms with E-state index in [2.05, 4.69) is 10.4 Å². The number of rotatable bonds is 2. The van der Waals surface area contributed by atoms with Gasteiger partial charge in [0.05, 0.1) is 11.2 Å². The Balaban J connectivity index is 2.64. The van der Waals surface area contributed by atoms with Gasteiger partial charge in [0, 0.05) is 18.1 Å². The van der Waals surface area contributed by atoms with Crippen molar-refractivity contribution < 1.29 is 4.79 Å². The molecule has 0 bridgehead atoms. The van der Waals surface area contributed by atoms with Gasteiger partial charge in [-0.3, -0.25) is 9.48 Å². The second kappa shape index (κ2) is 3.14. The number of hydrogen-bond donors (Lipinski definition) is 1. The average molecular weight is 189 g/mol. The third-order valence-electron chi connectivity index (χ3n) is 2.26. The van der Waals surface area contributed by atoms with E-state index in [1.807, 2.05) is 36.9 Å². The topological polar surface area (TPSA) is 46.9 Å². The number of hydrogen-bond acceptors (Lipinski definition) is 2. The SMILES string of the molecule is Cc1nn(C)c2ccc(NC=O)cc12. The number of benzene rings is 1. The number of carbonyl (C=O) groups excluding carboxylic acids is 1. The summed E-state index contributed by atoms with van der Waals surface area (Å²) in [4.78, 5) is 10.3. The highest BCUT2D eigenvalue weighted by molar-refractivity contribution is 5.87. The first kappa shape index (κ1) is 8.74. The highest BCUT2D eigenvalue weighted by Crippen LogP contribution is 2.21. The predicted molar refractivity (Wildman–Crippen MR) is 55.1 cm³/mol. The monoisotopic (exact) mass is 189 g/mol. The van der Waals surface area contributed by atoms with Crippen LogP contribution in [0.5, 0.6) is 0 Å². The van der Waals surface area contributed by atoms with Crippen LogP contribution in [0, 0.1) is 6.92 Å². The summed E-state index contributed by atoms with van der Waals surface area (Å²) < 4.78 is 1.83. The van der Waals surface area contributed by atoms with E-state index >= 15 is 0 Å². The van der Waals surface area contributed by atoms with Crippen molar-refractivity contribution in [3.63, 3.8) is 0 Å². The van der Waals surface area contributed by atoms with Crippen LogP contribution in [-0.2, 0) is 11.8 Å². The first-order valence-corrected chi connectivity index (χ1v) is 4.36. The molecular weight excluding hydrogens is 178 g/mol. The third kappa shape index (κ3) is 1.25. The van der Waals surface area contributed by atoms with Gasteiger partial charge in [-0.1, -0.05) is 0 Å². The molecule has 0 saturated carbocycles. The van der Waals surface area contributed by atoms with Crippen LogP contribution in [0.1, 0.15) is 5.69 Å². The van der Waals surface area contributed by atoms with Gasteiger partial charge in [-0.25, -0.2) is 0 Å². The summed E-state index contributed by atoms with van der Waals surface area (Å²) in [6, 6.07) is 5.73. The standard InChI is InChI=1S/C10H11N3O/c1-7-9-5-8(11-6-14)3-4-10(9)13(2)12-7/h3-6H,1-2H3,(H,11,14). The first-order valence-electron chi connectivity index (χ1n) is 4.36. The van der Waals surface area contributed by atoms with Gasteiger partial charge in [-0.15, -0.1) is 0 Å². The van der Waals surface area contributed by atoms with Crippen molar-refractivity contribution in [2.75, 3.05) is 5.32 Å². The third-order valence-corrected chi connectivity index (χ3v) is 2.26. The quantitative estimate of drug-likeness (QED) is 0.727. The smallest absolute Gasteiger partial charge is 0.211 e. The Hall–Kier alpha value is -1.84. The van der Waals surface area contributed by atoms with Crippen molar-refractivity contribution in [3.05, 3.63) is 23.9 Å². The minimum atomic E-state index is 0.673. The molecule has 1 heterocycles. The van der Waals surface area contributed by atoms with E-state index in [4.69, 9.17) is 0 Å². The molecule has 0 spiro atoms. The van der Waals surface area contributed by atoms with E-state index in [1.165, 1.54) is 0 Å². The second-order valence-corrected chi connectivity index (χ2v) is 3.20. The maximum atomic E-state index is 10.3. The van der Waals surface area contributed by atoms with Crippen LogP contribution in [0.15, 0.2) is 18.2 Å². The van der Waals surface area contributed by atoms with Crippen molar-refractivity contribution in [2.45, 2.75) is 6.92 Å². The fourth-order valence-electron chi connectivity index (χ4n) is 1.60. The van der Waals surface area contributed by atoms with Gasteiger partial charge >= 0.3 is 0 Å². The fraction of sp³-hybridized carbons (Fsp3) is 0.200. The maximum absolute atomic E-state index is 10.3. The molecule has 0 aliphatic carbocycles. The first-order chi connectivity index (χ1) is 6.72. The van der Waals surface area contributed by atoms with Gasteiger partial charge in [0.1, 0.15) is 0 Å². The molecule has 0 aliphatic heterocycles. The Labute approximate surface area is 81.5 Å². The zero-order valence-electron chi connectivity index (χ0n) is 8.11. The minimum absolute atomic E-state index is 0.673. The van der Waals surface area contributed by atoms with Crippen molar-refractivity contribution in [1.82, 2.24) is 9.78 Å². The number of fused-ring (bicyclic) bond motifs is 1. The lowest BCUT2D eigenvalue weighted by Gasteiger charge is -1.98. The summed E-state index contributed by atoms with van der Waals surface area (Å²) in [5.74, 6) is 0. The van der Waals surface area contributed by atoms with E-state index < -0.39 is 0 Å². The number of aryl methyl sites for hydroxylation is 2. The summed E-state index contributed by atoms with van der Waals surface area (Å²) in [7, 11) is 1.90. The molecule has 72 valence electrons. The molecular formula is C10H11N3O. The van der Waals surface area contributed by atoms with Crippen LogP contribution in [0.3, 0.4) is 0 Å². The molecule has 2 rings (SSSR count). The zero-order valence-corrected chi connectivity index (χ0v) is 8.11. The highest BCUT2D eigenvalue weighted by atomic mass is 16.1. The summed E-state index contributed by atoms with van der Waals surface area (Å²) in [6.07, 6.45) is 0.673. The number of nitrogens with zero attached hydrogens (tertiary/aromatic N) is 2. The molecule has 4 heteroatoms. The Morgan fingerprint density at radius 2 is 2.29 bits per heavy atom. The molecule has 1 aromatic heterocycles. The molecule has 2 aromatic rings. The molecule has 1 N–H and O–H groups in total. The van der Waals surface area contributed by atoms with Crippen LogP contribution in [0.4, 0.5) is 5.69 Å². The Morgan fingerprint density at radius 1 is 1.50 bits per heavy atom. The Bertz CT molecular complexity index is 487. The van der Waals surface area contributed by atoms with Gasteiger partial charge < -0.3 is 5.32 Å². The maximum Gasteiger partial charge on any atom is 0.211 e. The van der Waals surface area contributed by atoms with Crippen LogP contribution < -0.4 is 5.32 Å². The van der Waals surface area contributed by atoms with E-state index in [1.54, 1.807) is 0 Å². The van der Waals surface area contributed by atoms with Crippen LogP contribution in [-0.4, -0.2) is 16.2 Å². The molecule has 1 amide bonds.